The summed E-state index contributed by atoms with van der Waals surface area (Å²) in [4.78, 5) is 8.90. The minimum absolute atomic E-state index is 0.242. The van der Waals surface area contributed by atoms with Gasteiger partial charge in [0.05, 0.1) is 18.9 Å². The summed E-state index contributed by atoms with van der Waals surface area (Å²) < 4.78 is 13.9. The summed E-state index contributed by atoms with van der Waals surface area (Å²) in [5.74, 6) is 1.59. The molecule has 0 radical (unpaired) electrons. The van der Waals surface area contributed by atoms with Crippen molar-refractivity contribution in [3.05, 3.63) is 59.2 Å². The molecule has 1 atom stereocenters. The van der Waals surface area contributed by atoms with Crippen molar-refractivity contribution in [1.29, 1.82) is 0 Å². The molecule has 0 aliphatic carbocycles. The maximum absolute atomic E-state index is 6.01. The van der Waals surface area contributed by atoms with Crippen molar-refractivity contribution >= 4 is 5.78 Å². The van der Waals surface area contributed by atoms with Gasteiger partial charge in [-0.1, -0.05) is 44.2 Å². The van der Waals surface area contributed by atoms with Gasteiger partial charge in [0.15, 0.2) is 6.29 Å². The molecular formula is C22H28N4O2. The van der Waals surface area contributed by atoms with E-state index in [1.807, 2.05) is 22.7 Å². The number of fused-ring (bicyclic) bond motifs is 1. The molecule has 1 aliphatic heterocycles. The fraction of sp³-hybridized carbons (Fsp3) is 0.500. The Morgan fingerprint density at radius 1 is 1.18 bits per heavy atom. The van der Waals surface area contributed by atoms with Crippen LogP contribution < -0.4 is 0 Å². The molecule has 1 fully saturated rings. The minimum atomic E-state index is -0.242. The lowest BCUT2D eigenvalue weighted by Gasteiger charge is -2.33. The normalized spacial score (nSPS) is 21.1. The van der Waals surface area contributed by atoms with Crippen LogP contribution in [-0.4, -0.2) is 32.8 Å². The molecule has 0 bridgehead atoms. The maximum Gasteiger partial charge on any atom is 0.252 e. The first-order valence-corrected chi connectivity index (χ1v) is 10.1. The average molecular weight is 380 g/mol. The average Bonchev–Trinajstić information content (AvgIpc) is 3.21. The standard InChI is InChI=1S/C22H28N4O2/c1-4-19-16(3)20(26-22(25-19)23-14-24-26)11-10-15(2)18-12-27-21(28-13-18)17-8-6-5-7-9-17/h5-9,14-15,18,21H,4,10-13H2,1-3H3. The molecule has 3 aromatic rings. The highest BCUT2D eigenvalue weighted by Crippen LogP contribution is 2.30. The van der Waals surface area contributed by atoms with Crippen LogP contribution in [0.25, 0.3) is 5.78 Å². The summed E-state index contributed by atoms with van der Waals surface area (Å²) in [5.41, 5.74) is 4.64. The first-order chi connectivity index (χ1) is 13.7. The molecule has 1 unspecified atom stereocenters. The molecule has 0 amide bonds. The number of aromatic nitrogens is 4. The predicted molar refractivity (Wildman–Crippen MR) is 107 cm³/mol. The van der Waals surface area contributed by atoms with Crippen molar-refractivity contribution < 1.29 is 9.47 Å². The maximum atomic E-state index is 6.01. The second kappa shape index (κ2) is 8.37. The van der Waals surface area contributed by atoms with Gasteiger partial charge in [-0.25, -0.2) is 9.50 Å². The SMILES string of the molecule is CCc1nc2ncnn2c(CCC(C)C2COC(c3ccccc3)OC2)c1C. The van der Waals surface area contributed by atoms with E-state index in [2.05, 4.69) is 48.0 Å². The van der Waals surface area contributed by atoms with Crippen LogP contribution in [0.15, 0.2) is 36.7 Å². The van der Waals surface area contributed by atoms with Crippen LogP contribution in [0.1, 0.15) is 49.1 Å². The second-order valence-electron chi connectivity index (χ2n) is 7.64. The van der Waals surface area contributed by atoms with Gasteiger partial charge in [0.25, 0.3) is 5.78 Å². The Kier molecular flexibility index (Phi) is 5.69. The molecule has 0 saturated carbocycles. The van der Waals surface area contributed by atoms with Crippen LogP contribution in [0.2, 0.25) is 0 Å². The number of hydrogen-bond donors (Lipinski definition) is 0. The summed E-state index contributed by atoms with van der Waals surface area (Å²) in [6.45, 7) is 8.03. The first-order valence-electron chi connectivity index (χ1n) is 10.1. The zero-order valence-corrected chi connectivity index (χ0v) is 16.8. The summed E-state index contributed by atoms with van der Waals surface area (Å²) in [6, 6.07) is 10.1. The van der Waals surface area contributed by atoms with Crippen molar-refractivity contribution in [2.45, 2.75) is 46.3 Å². The van der Waals surface area contributed by atoms with Gasteiger partial charge in [0.2, 0.25) is 0 Å². The lowest BCUT2D eigenvalue weighted by Crippen LogP contribution is -2.31. The van der Waals surface area contributed by atoms with Crippen molar-refractivity contribution in [1.82, 2.24) is 19.6 Å². The van der Waals surface area contributed by atoms with E-state index in [0.717, 1.165) is 43.7 Å². The Labute approximate surface area is 165 Å². The van der Waals surface area contributed by atoms with Crippen LogP contribution in [0.5, 0.6) is 0 Å². The number of hydrogen-bond acceptors (Lipinski definition) is 5. The molecule has 148 valence electrons. The number of benzene rings is 1. The quantitative estimate of drug-likeness (QED) is 0.648. The van der Waals surface area contributed by atoms with E-state index in [4.69, 9.17) is 9.47 Å². The molecule has 0 N–H and O–H groups in total. The topological polar surface area (TPSA) is 61.5 Å². The van der Waals surface area contributed by atoms with E-state index >= 15 is 0 Å². The highest BCUT2D eigenvalue weighted by molar-refractivity contribution is 5.36. The molecule has 4 rings (SSSR count). The smallest absolute Gasteiger partial charge is 0.252 e. The zero-order chi connectivity index (χ0) is 19.5. The molecule has 1 aromatic carbocycles. The van der Waals surface area contributed by atoms with Crippen molar-refractivity contribution in [2.75, 3.05) is 13.2 Å². The lowest BCUT2D eigenvalue weighted by molar-refractivity contribution is -0.212. The largest absolute Gasteiger partial charge is 0.348 e. The number of aryl methyl sites for hydroxylation is 2. The van der Waals surface area contributed by atoms with Gasteiger partial charge in [0.1, 0.15) is 6.33 Å². The molecule has 0 spiro atoms. The Morgan fingerprint density at radius 2 is 1.93 bits per heavy atom. The third kappa shape index (κ3) is 3.80. The minimum Gasteiger partial charge on any atom is -0.348 e. The molecule has 2 aromatic heterocycles. The van der Waals surface area contributed by atoms with Gasteiger partial charge in [0, 0.05) is 17.2 Å². The van der Waals surface area contributed by atoms with E-state index in [0.29, 0.717) is 17.6 Å². The molecule has 1 aliphatic rings. The van der Waals surface area contributed by atoms with Gasteiger partial charge >= 0.3 is 0 Å². The summed E-state index contributed by atoms with van der Waals surface area (Å²) in [7, 11) is 0. The molecule has 6 heteroatoms. The monoisotopic (exact) mass is 380 g/mol. The number of ether oxygens (including phenoxy) is 2. The Balaban J connectivity index is 1.39. The highest BCUT2D eigenvalue weighted by Gasteiger charge is 2.27. The first kappa shape index (κ1) is 19.0. The van der Waals surface area contributed by atoms with Crippen molar-refractivity contribution in [2.24, 2.45) is 11.8 Å². The fourth-order valence-corrected chi connectivity index (χ4v) is 3.92. The zero-order valence-electron chi connectivity index (χ0n) is 16.8. The third-order valence-corrected chi connectivity index (χ3v) is 5.86. The summed E-state index contributed by atoms with van der Waals surface area (Å²) >= 11 is 0. The predicted octanol–water partition coefficient (Wildman–Crippen LogP) is 3.93. The highest BCUT2D eigenvalue weighted by atomic mass is 16.7. The second-order valence-corrected chi connectivity index (χ2v) is 7.64. The van der Waals surface area contributed by atoms with E-state index in [1.165, 1.54) is 11.3 Å². The van der Waals surface area contributed by atoms with Gasteiger partial charge in [-0.15, -0.1) is 0 Å². The van der Waals surface area contributed by atoms with E-state index in [-0.39, 0.29) is 6.29 Å². The van der Waals surface area contributed by atoms with Crippen LogP contribution >= 0.6 is 0 Å². The lowest BCUT2D eigenvalue weighted by atomic mass is 9.89. The van der Waals surface area contributed by atoms with Crippen molar-refractivity contribution in [3.8, 4) is 0 Å². The van der Waals surface area contributed by atoms with Crippen molar-refractivity contribution in [3.63, 3.8) is 0 Å². The summed E-state index contributed by atoms with van der Waals surface area (Å²) in [5, 5.41) is 4.38. The Hall–Kier alpha value is -2.31. The van der Waals surface area contributed by atoms with Crippen LogP contribution in [0, 0.1) is 18.8 Å². The number of nitrogens with zero attached hydrogens (tertiary/aromatic N) is 4. The molecule has 6 nitrogen and oxygen atoms in total. The van der Waals surface area contributed by atoms with Crippen LogP contribution in [-0.2, 0) is 22.3 Å². The van der Waals surface area contributed by atoms with Gasteiger partial charge in [-0.2, -0.15) is 10.1 Å². The third-order valence-electron chi connectivity index (χ3n) is 5.86. The van der Waals surface area contributed by atoms with E-state index in [9.17, 15) is 0 Å². The Morgan fingerprint density at radius 3 is 2.64 bits per heavy atom. The van der Waals surface area contributed by atoms with Gasteiger partial charge in [-0.05, 0) is 37.7 Å². The van der Waals surface area contributed by atoms with Crippen LogP contribution in [0.3, 0.4) is 0 Å². The molecule has 3 heterocycles. The van der Waals surface area contributed by atoms with E-state index in [1.54, 1.807) is 6.33 Å². The molecule has 28 heavy (non-hydrogen) atoms. The van der Waals surface area contributed by atoms with Crippen LogP contribution in [0.4, 0.5) is 0 Å². The fourth-order valence-electron chi connectivity index (χ4n) is 3.92. The van der Waals surface area contributed by atoms with Gasteiger partial charge < -0.3 is 9.47 Å². The Bertz CT molecular complexity index is 917. The number of rotatable bonds is 6. The summed E-state index contributed by atoms with van der Waals surface area (Å²) in [6.07, 6.45) is 4.25. The van der Waals surface area contributed by atoms with Gasteiger partial charge in [-0.3, -0.25) is 0 Å². The van der Waals surface area contributed by atoms with E-state index < -0.39 is 0 Å². The molecule has 1 saturated heterocycles. The molecular weight excluding hydrogens is 352 g/mol.